The Hall–Kier alpha value is -5.24. The third-order valence-corrected chi connectivity index (χ3v) is 11.2. The summed E-state index contributed by atoms with van der Waals surface area (Å²) in [6.45, 7) is 4.49. The summed E-state index contributed by atoms with van der Waals surface area (Å²) in [5, 5.41) is 10.3. The molecule has 6 rings (SSSR count). The van der Waals surface area contributed by atoms with Gasteiger partial charge in [-0.05, 0) is 55.2 Å². The highest BCUT2D eigenvalue weighted by atomic mass is 32.2. The minimum absolute atomic E-state index is 0.127. The molecule has 1 aliphatic rings. The Morgan fingerprint density at radius 3 is 2.24 bits per heavy atom. The maximum atomic E-state index is 16.0. The first-order valence-corrected chi connectivity index (χ1v) is 17.8. The molecule has 1 fully saturated rings. The van der Waals surface area contributed by atoms with Gasteiger partial charge >= 0.3 is 11.9 Å². The lowest BCUT2D eigenvalue weighted by Gasteiger charge is -2.40. The summed E-state index contributed by atoms with van der Waals surface area (Å²) in [5.41, 5.74) is -3.48. The second-order valence-electron chi connectivity index (χ2n) is 13.1. The molecule has 0 radical (unpaired) electrons. The van der Waals surface area contributed by atoms with Gasteiger partial charge in [0, 0.05) is 37.6 Å². The van der Waals surface area contributed by atoms with Gasteiger partial charge in [0.05, 0.1) is 17.5 Å². The smallest absolute Gasteiger partial charge is 0.420 e. The van der Waals surface area contributed by atoms with Gasteiger partial charge in [-0.1, -0.05) is 19.9 Å². The number of rotatable bonds is 7. The van der Waals surface area contributed by atoms with Gasteiger partial charge in [-0.15, -0.1) is 0 Å². The first-order chi connectivity index (χ1) is 25.7. The van der Waals surface area contributed by atoms with E-state index in [1.54, 1.807) is 19.2 Å². The second kappa shape index (κ2) is 14.1. The van der Waals surface area contributed by atoms with Gasteiger partial charge in [-0.25, -0.2) is 44.5 Å². The number of aromatic hydroxyl groups is 1. The van der Waals surface area contributed by atoms with Gasteiger partial charge in [0.2, 0.25) is 10.0 Å². The van der Waals surface area contributed by atoms with Crippen LogP contribution in [0, 0.1) is 41.8 Å². The van der Waals surface area contributed by atoms with Gasteiger partial charge < -0.3 is 10.0 Å². The average Bonchev–Trinajstić information content (AvgIpc) is 3.10. The van der Waals surface area contributed by atoms with Gasteiger partial charge in [0.25, 0.3) is 0 Å². The summed E-state index contributed by atoms with van der Waals surface area (Å²) < 4.78 is 158. The predicted molar refractivity (Wildman–Crippen MR) is 180 cm³/mol. The molecule has 1 aliphatic heterocycles. The van der Waals surface area contributed by atoms with E-state index in [4.69, 9.17) is 0 Å². The number of alkyl halides is 3. The predicted octanol–water partition coefficient (Wildman–Crippen LogP) is 6.79. The summed E-state index contributed by atoms with van der Waals surface area (Å²) in [6, 6.07) is 4.62. The molecule has 292 valence electrons. The van der Waals surface area contributed by atoms with Crippen LogP contribution in [0.4, 0.5) is 45.3 Å². The highest BCUT2D eigenvalue weighted by Crippen LogP contribution is 2.42. The third kappa shape index (κ3) is 6.74. The van der Waals surface area contributed by atoms with Crippen molar-refractivity contribution in [2.45, 2.75) is 57.3 Å². The first kappa shape index (κ1) is 39.5. The van der Waals surface area contributed by atoms with Crippen LogP contribution in [0.25, 0.3) is 22.3 Å². The first-order valence-electron chi connectivity index (χ1n) is 16.4. The number of pyridine rings is 2. The number of aromatic nitrogens is 4. The molecule has 1 atom stereocenters. The number of sulfonamides is 1. The van der Waals surface area contributed by atoms with Gasteiger partial charge in [-0.3, -0.25) is 9.55 Å². The van der Waals surface area contributed by atoms with Crippen LogP contribution in [0.2, 0.25) is 0 Å². The van der Waals surface area contributed by atoms with Crippen molar-refractivity contribution in [3.8, 4) is 17.0 Å². The van der Waals surface area contributed by atoms with Crippen molar-refractivity contribution in [3.63, 3.8) is 0 Å². The zero-order chi connectivity index (χ0) is 40.5. The van der Waals surface area contributed by atoms with Crippen LogP contribution in [-0.4, -0.2) is 63.0 Å². The summed E-state index contributed by atoms with van der Waals surface area (Å²) in [6.07, 6.45) is -4.40. The lowest BCUT2D eigenvalue weighted by molar-refractivity contribution is -0.143. The number of halogens is 9. The Labute approximate surface area is 306 Å². The quantitative estimate of drug-likeness (QED) is 0.109. The number of phenols is 1. The Bertz CT molecular complexity index is 2530. The summed E-state index contributed by atoms with van der Waals surface area (Å²) >= 11 is 0. The highest BCUT2D eigenvalue weighted by molar-refractivity contribution is 7.89. The number of anilines is 1. The Morgan fingerprint density at radius 1 is 0.945 bits per heavy atom. The molecule has 1 N–H and O–H groups in total. The van der Waals surface area contributed by atoms with Crippen molar-refractivity contribution < 1.29 is 53.0 Å². The van der Waals surface area contributed by atoms with Crippen LogP contribution < -0.4 is 10.6 Å². The zero-order valence-electron chi connectivity index (χ0n) is 29.1. The molecule has 0 bridgehead atoms. The molecule has 5 aromatic rings. The molecule has 1 saturated heterocycles. The molecule has 3 aromatic heterocycles. The van der Waals surface area contributed by atoms with E-state index >= 15 is 8.78 Å². The molecule has 55 heavy (non-hydrogen) atoms. The Balaban J connectivity index is 1.50. The maximum absolute atomic E-state index is 16.0. The number of hydrogen-bond acceptors (Lipinski definition) is 8. The van der Waals surface area contributed by atoms with E-state index in [1.807, 2.05) is 13.8 Å². The van der Waals surface area contributed by atoms with Gasteiger partial charge in [-0.2, -0.15) is 22.5 Å². The van der Waals surface area contributed by atoms with Crippen LogP contribution in [0.15, 0.2) is 46.2 Å². The van der Waals surface area contributed by atoms with E-state index in [0.29, 0.717) is 21.1 Å². The molecule has 0 spiro atoms. The monoisotopic (exact) mass is 800 g/mol. The van der Waals surface area contributed by atoms with E-state index in [1.165, 1.54) is 17.9 Å². The number of aryl methyl sites for hydroxylation is 1. The van der Waals surface area contributed by atoms with Crippen molar-refractivity contribution in [1.29, 1.82) is 0 Å². The van der Waals surface area contributed by atoms with Crippen molar-refractivity contribution in [2.24, 2.45) is 0 Å². The molecular weight excluding hydrogens is 771 g/mol. The third-order valence-electron chi connectivity index (χ3n) is 9.27. The number of benzene rings is 2. The van der Waals surface area contributed by atoms with Gasteiger partial charge in [0.15, 0.2) is 29.1 Å². The topological polar surface area (TPSA) is 122 Å². The molecule has 4 heterocycles. The van der Waals surface area contributed by atoms with Crippen molar-refractivity contribution in [3.05, 3.63) is 104 Å². The molecule has 0 unspecified atom stereocenters. The minimum atomic E-state index is -5.97. The van der Waals surface area contributed by atoms with Crippen molar-refractivity contribution in [1.82, 2.24) is 23.8 Å². The van der Waals surface area contributed by atoms with Crippen molar-refractivity contribution >= 4 is 26.9 Å². The molecule has 0 aliphatic carbocycles. The van der Waals surface area contributed by atoms with Gasteiger partial charge in [0.1, 0.15) is 39.2 Å². The largest absolute Gasteiger partial charge is 0.507 e. The van der Waals surface area contributed by atoms with E-state index in [2.05, 4.69) is 15.0 Å². The normalized spacial score (nSPS) is 15.7. The minimum Gasteiger partial charge on any atom is -0.507 e. The van der Waals surface area contributed by atoms with Crippen molar-refractivity contribution in [2.75, 3.05) is 24.5 Å². The molecule has 2 aromatic carbocycles. The number of phenolic OH excluding ortho intramolecular Hbond substituents is 1. The van der Waals surface area contributed by atoms with E-state index in [9.17, 15) is 49.1 Å². The number of fused-ring (bicyclic) bond motifs is 1. The molecule has 0 amide bonds. The summed E-state index contributed by atoms with van der Waals surface area (Å²) in [5.74, 6) is -14.7. The van der Waals surface area contributed by atoms with E-state index in [0.717, 1.165) is 22.8 Å². The van der Waals surface area contributed by atoms with E-state index in [-0.39, 0.29) is 29.3 Å². The summed E-state index contributed by atoms with van der Waals surface area (Å²) in [7, 11) is -5.72. The lowest BCUT2D eigenvalue weighted by Crippen LogP contribution is -2.54. The molecule has 0 saturated carbocycles. The average molecular weight is 801 g/mol. The molecule has 10 nitrogen and oxygen atoms in total. The number of piperazine rings is 1. The van der Waals surface area contributed by atoms with Crippen LogP contribution in [-0.2, 0) is 22.7 Å². The van der Waals surface area contributed by atoms with Crippen LogP contribution >= 0.6 is 0 Å². The fourth-order valence-electron chi connectivity index (χ4n) is 6.60. The molecule has 20 heteroatoms. The second-order valence-corrected chi connectivity index (χ2v) is 15.0. The zero-order valence-corrected chi connectivity index (χ0v) is 29.9. The summed E-state index contributed by atoms with van der Waals surface area (Å²) in [4.78, 5) is 25.7. The lowest BCUT2D eigenvalue weighted by atomic mass is 9.99. The standard InChI is InChI=1S/C35H29F9N6O4S/c1-15(2)29-19(16(3)8-9-45-29)14-50-32-18(12-21(37)30(46-32)23-20(36)6-5-7-22(23)51)33(47-34(50)52)49-11-10-48(13-17(49)4)55(53,54)31-24(35(42,43)44)25(38)26(39)27(40)28(31)41/h5-9,12,15,17,51H,10-11,13-14H2,1-4H3/t17-/m0/s1. The fourth-order valence-corrected chi connectivity index (χ4v) is 8.37. The van der Waals surface area contributed by atoms with Crippen LogP contribution in [0.1, 0.15) is 49.1 Å². The number of nitrogens with zero attached hydrogens (tertiary/aromatic N) is 6. The van der Waals surface area contributed by atoms with E-state index < -0.39 is 110 Å². The highest BCUT2D eigenvalue weighted by Gasteiger charge is 2.48. The van der Waals surface area contributed by atoms with Crippen LogP contribution in [0.3, 0.4) is 0 Å². The molecular formula is C35H29F9N6O4S. The Morgan fingerprint density at radius 2 is 1.62 bits per heavy atom. The number of hydrogen-bond donors (Lipinski definition) is 1. The van der Waals surface area contributed by atoms with Crippen LogP contribution in [0.5, 0.6) is 5.75 Å². The Kier molecular flexibility index (Phi) is 10.1. The fraction of sp³-hybridized carbons (Fsp3) is 0.314. The maximum Gasteiger partial charge on any atom is 0.420 e. The SMILES string of the molecule is Cc1ccnc(C(C)C)c1Cn1c(=O)nc(N2CCN(S(=O)(=O)c3c(F)c(F)c(F)c(F)c3C(F)(F)F)C[C@@H]2C)c2cc(F)c(-c3c(O)cccc3F)nc21.